The maximum atomic E-state index is 13.8. The smallest absolute Gasteiger partial charge is 0.223 e. The van der Waals surface area contributed by atoms with Crippen molar-refractivity contribution in [2.45, 2.75) is 45.3 Å². The Balaban J connectivity index is 1.38. The number of sulfonamides is 1. The average molecular weight is 454 g/mol. The number of rotatable bonds is 8. The van der Waals surface area contributed by atoms with Crippen LogP contribution in [0.4, 0.5) is 4.39 Å². The molecule has 8 heteroatoms. The van der Waals surface area contributed by atoms with E-state index in [1.54, 1.807) is 12.1 Å². The van der Waals surface area contributed by atoms with Crippen molar-refractivity contribution in [2.75, 3.05) is 39.3 Å². The Morgan fingerprint density at radius 1 is 1.13 bits per heavy atom. The molecule has 0 radical (unpaired) electrons. The molecule has 2 atom stereocenters. The highest BCUT2D eigenvalue weighted by molar-refractivity contribution is 7.88. The summed E-state index contributed by atoms with van der Waals surface area (Å²) < 4.78 is 40.5. The molecular weight excluding hydrogens is 417 g/mol. The maximum Gasteiger partial charge on any atom is 0.223 e. The summed E-state index contributed by atoms with van der Waals surface area (Å²) in [5.41, 5.74) is 0.180. The second-order valence-corrected chi connectivity index (χ2v) is 11.3. The van der Waals surface area contributed by atoms with Crippen molar-refractivity contribution >= 4 is 15.9 Å². The third kappa shape index (κ3) is 6.99. The highest BCUT2D eigenvalue weighted by Crippen LogP contribution is 2.23. The number of carbonyl (C=O) groups is 1. The largest absolute Gasteiger partial charge is 0.356 e. The number of likely N-dealkylation sites (tertiary alicyclic amines) is 1. The van der Waals surface area contributed by atoms with Crippen molar-refractivity contribution in [1.82, 2.24) is 14.5 Å². The molecule has 2 fully saturated rings. The minimum Gasteiger partial charge on any atom is -0.356 e. The lowest BCUT2D eigenvalue weighted by molar-refractivity contribution is -0.126. The molecule has 31 heavy (non-hydrogen) atoms. The zero-order chi connectivity index (χ0) is 22.4. The molecule has 2 heterocycles. The van der Waals surface area contributed by atoms with Crippen LogP contribution in [0.5, 0.6) is 0 Å². The Bertz CT molecular complexity index is 830. The summed E-state index contributed by atoms with van der Waals surface area (Å²) in [4.78, 5) is 15.0. The Kier molecular flexibility index (Phi) is 8.47. The molecule has 2 aliphatic rings. The van der Waals surface area contributed by atoms with Gasteiger partial charge in [-0.1, -0.05) is 32.0 Å². The number of benzene rings is 1. The summed E-state index contributed by atoms with van der Waals surface area (Å²) in [5.74, 6) is 0.483. The van der Waals surface area contributed by atoms with Crippen molar-refractivity contribution in [1.29, 1.82) is 0 Å². The third-order valence-corrected chi connectivity index (χ3v) is 8.24. The van der Waals surface area contributed by atoms with Crippen molar-refractivity contribution in [3.63, 3.8) is 0 Å². The average Bonchev–Trinajstić information content (AvgIpc) is 2.72. The van der Waals surface area contributed by atoms with Crippen LogP contribution in [0.1, 0.15) is 45.1 Å². The third-order valence-electron chi connectivity index (χ3n) is 6.41. The number of carbonyl (C=O) groups excluding carboxylic acids is 1. The summed E-state index contributed by atoms with van der Waals surface area (Å²) in [6.45, 7) is 9.14. The molecule has 174 valence electrons. The van der Waals surface area contributed by atoms with E-state index in [4.69, 9.17) is 0 Å². The summed E-state index contributed by atoms with van der Waals surface area (Å²) in [7, 11) is -3.59. The molecule has 1 aromatic rings. The summed E-state index contributed by atoms with van der Waals surface area (Å²) in [6.07, 6.45) is 3.23. The minimum absolute atomic E-state index is 0.0199. The minimum atomic E-state index is -3.59. The van der Waals surface area contributed by atoms with Crippen molar-refractivity contribution in [2.24, 2.45) is 17.8 Å². The van der Waals surface area contributed by atoms with Gasteiger partial charge in [0.15, 0.2) is 0 Å². The number of piperidine rings is 2. The summed E-state index contributed by atoms with van der Waals surface area (Å²) in [6, 6.07) is 5.95. The Morgan fingerprint density at radius 3 is 2.42 bits per heavy atom. The number of nitrogens with zero attached hydrogens (tertiary/aromatic N) is 2. The van der Waals surface area contributed by atoms with Gasteiger partial charge in [0.25, 0.3) is 0 Å². The van der Waals surface area contributed by atoms with Crippen molar-refractivity contribution in [3.8, 4) is 0 Å². The Labute approximate surface area is 186 Å². The molecule has 0 unspecified atom stereocenters. The first-order valence-electron chi connectivity index (χ1n) is 11.5. The van der Waals surface area contributed by atoms with E-state index in [2.05, 4.69) is 24.1 Å². The van der Waals surface area contributed by atoms with Crippen LogP contribution in [0.3, 0.4) is 0 Å². The predicted molar refractivity (Wildman–Crippen MR) is 120 cm³/mol. The number of hydrogen-bond donors (Lipinski definition) is 1. The lowest BCUT2D eigenvalue weighted by Gasteiger charge is -2.35. The monoisotopic (exact) mass is 453 g/mol. The van der Waals surface area contributed by atoms with Gasteiger partial charge in [0, 0.05) is 44.2 Å². The summed E-state index contributed by atoms with van der Waals surface area (Å²) >= 11 is 0. The second kappa shape index (κ2) is 10.9. The van der Waals surface area contributed by atoms with Crippen LogP contribution in [0.25, 0.3) is 0 Å². The predicted octanol–water partition coefficient (Wildman–Crippen LogP) is 2.85. The molecule has 0 aliphatic carbocycles. The van der Waals surface area contributed by atoms with Crippen LogP contribution in [0, 0.1) is 23.6 Å². The molecule has 0 saturated carbocycles. The zero-order valence-electron chi connectivity index (χ0n) is 18.7. The molecule has 1 amide bonds. The lowest BCUT2D eigenvalue weighted by Crippen LogP contribution is -2.44. The molecule has 2 saturated heterocycles. The zero-order valence-corrected chi connectivity index (χ0v) is 19.5. The first kappa shape index (κ1) is 24.1. The topological polar surface area (TPSA) is 69.7 Å². The van der Waals surface area contributed by atoms with Gasteiger partial charge in [-0.05, 0) is 50.1 Å². The highest BCUT2D eigenvalue weighted by Gasteiger charge is 2.31. The molecule has 1 N–H and O–H groups in total. The van der Waals surface area contributed by atoms with Gasteiger partial charge in [-0.3, -0.25) is 4.79 Å². The van der Waals surface area contributed by atoms with Crippen molar-refractivity contribution < 1.29 is 17.6 Å². The fourth-order valence-electron chi connectivity index (χ4n) is 4.93. The van der Waals surface area contributed by atoms with Crippen LogP contribution in [0.2, 0.25) is 0 Å². The van der Waals surface area contributed by atoms with E-state index in [-0.39, 0.29) is 23.1 Å². The Hall–Kier alpha value is -1.51. The second-order valence-electron chi connectivity index (χ2n) is 9.37. The van der Waals surface area contributed by atoms with E-state index in [1.165, 1.54) is 22.9 Å². The number of nitrogens with one attached hydrogen (secondary N) is 1. The van der Waals surface area contributed by atoms with Gasteiger partial charge in [-0.15, -0.1) is 0 Å². The van der Waals surface area contributed by atoms with Gasteiger partial charge in [-0.2, -0.15) is 0 Å². The van der Waals surface area contributed by atoms with Gasteiger partial charge in [-0.25, -0.2) is 17.1 Å². The highest BCUT2D eigenvalue weighted by atomic mass is 32.2. The van der Waals surface area contributed by atoms with E-state index >= 15 is 0 Å². The van der Waals surface area contributed by atoms with E-state index in [1.807, 2.05) is 0 Å². The van der Waals surface area contributed by atoms with Gasteiger partial charge < -0.3 is 10.2 Å². The first-order valence-corrected chi connectivity index (χ1v) is 13.1. The maximum absolute atomic E-state index is 13.8. The molecule has 0 bridgehead atoms. The molecule has 3 rings (SSSR count). The van der Waals surface area contributed by atoms with Gasteiger partial charge in [0.05, 0.1) is 5.75 Å². The van der Waals surface area contributed by atoms with Crippen LogP contribution < -0.4 is 5.32 Å². The molecule has 1 aromatic carbocycles. The van der Waals surface area contributed by atoms with Crippen LogP contribution >= 0.6 is 0 Å². The van der Waals surface area contributed by atoms with Crippen LogP contribution in [-0.4, -0.2) is 62.8 Å². The fraction of sp³-hybridized carbons (Fsp3) is 0.696. The summed E-state index contributed by atoms with van der Waals surface area (Å²) in [5, 5.41) is 3.03. The fourth-order valence-corrected chi connectivity index (χ4v) is 6.51. The molecule has 0 aromatic heterocycles. The van der Waals surface area contributed by atoms with E-state index in [0.29, 0.717) is 32.5 Å². The van der Waals surface area contributed by atoms with Gasteiger partial charge in [0.2, 0.25) is 15.9 Å². The molecule has 0 spiro atoms. The van der Waals surface area contributed by atoms with Crippen LogP contribution in [-0.2, 0) is 20.6 Å². The van der Waals surface area contributed by atoms with E-state index in [0.717, 1.165) is 37.9 Å². The number of amides is 1. The quantitative estimate of drug-likeness (QED) is 0.615. The van der Waals surface area contributed by atoms with Crippen molar-refractivity contribution in [3.05, 3.63) is 35.6 Å². The standard InChI is InChI=1S/C23H36FN3O3S/c1-18-14-19(2)16-26(15-18)11-5-10-25-23(28)20-8-12-27(13-9-20)31(29,30)17-21-6-3-4-7-22(21)24/h3-4,6-7,18-20H,5,8-17H2,1-2H3,(H,25,28)/t18-,19-/m0/s1. The molecule has 6 nitrogen and oxygen atoms in total. The van der Waals surface area contributed by atoms with Gasteiger partial charge >= 0.3 is 0 Å². The SMILES string of the molecule is C[C@H]1C[C@H](C)CN(CCCNC(=O)C2CCN(S(=O)(=O)Cc3ccccc3F)CC2)C1. The van der Waals surface area contributed by atoms with E-state index < -0.39 is 15.8 Å². The van der Waals surface area contributed by atoms with E-state index in [9.17, 15) is 17.6 Å². The number of halogens is 1. The Morgan fingerprint density at radius 2 is 1.77 bits per heavy atom. The lowest BCUT2D eigenvalue weighted by atomic mass is 9.92. The first-order chi connectivity index (χ1) is 14.7. The van der Waals surface area contributed by atoms with Crippen LogP contribution in [0.15, 0.2) is 24.3 Å². The molecular formula is C23H36FN3O3S. The number of hydrogen-bond acceptors (Lipinski definition) is 4. The van der Waals surface area contributed by atoms with Gasteiger partial charge in [0.1, 0.15) is 5.82 Å². The normalized spacial score (nSPS) is 24.2. The molecule has 2 aliphatic heterocycles.